The number of amides is 2. The molecule has 7 heteroatoms. The minimum Gasteiger partial charge on any atom is -0.494 e. The highest BCUT2D eigenvalue weighted by molar-refractivity contribution is 6.31. The second-order valence-electron chi connectivity index (χ2n) is 7.96. The zero-order valence-corrected chi connectivity index (χ0v) is 19.7. The lowest BCUT2D eigenvalue weighted by molar-refractivity contribution is -0.131. The third-order valence-corrected chi connectivity index (χ3v) is 5.74. The molecule has 2 amide bonds. The van der Waals surface area contributed by atoms with E-state index in [9.17, 15) is 9.59 Å². The molecule has 0 spiro atoms. The summed E-state index contributed by atoms with van der Waals surface area (Å²) in [6, 6.07) is 12.7. The highest BCUT2D eigenvalue weighted by Crippen LogP contribution is 2.31. The number of nitrogens with zero attached hydrogens (tertiary/aromatic N) is 2. The van der Waals surface area contributed by atoms with Crippen LogP contribution in [-0.2, 0) is 4.79 Å². The highest BCUT2D eigenvalue weighted by atomic mass is 35.5. The summed E-state index contributed by atoms with van der Waals surface area (Å²) in [5.41, 5.74) is 2.09. The fourth-order valence-corrected chi connectivity index (χ4v) is 3.88. The molecule has 1 aliphatic rings. The fourth-order valence-electron chi connectivity index (χ4n) is 3.71. The Balaban J connectivity index is 1.70. The number of rotatable bonds is 9. The van der Waals surface area contributed by atoms with Gasteiger partial charge in [0, 0.05) is 43.2 Å². The molecule has 1 N–H and O–H groups in total. The van der Waals surface area contributed by atoms with E-state index in [1.54, 1.807) is 18.2 Å². The van der Waals surface area contributed by atoms with E-state index in [2.05, 4.69) is 17.1 Å². The summed E-state index contributed by atoms with van der Waals surface area (Å²) < 4.78 is 5.73. The van der Waals surface area contributed by atoms with Gasteiger partial charge in [0.25, 0.3) is 5.91 Å². The molecule has 0 aromatic heterocycles. The highest BCUT2D eigenvalue weighted by Gasteiger charge is 2.23. The second-order valence-corrected chi connectivity index (χ2v) is 8.40. The fraction of sp³-hybridized carbons (Fsp3) is 0.440. The van der Waals surface area contributed by atoms with Crippen LogP contribution in [0, 0.1) is 0 Å². The summed E-state index contributed by atoms with van der Waals surface area (Å²) in [7, 11) is 0. The third-order valence-electron chi connectivity index (χ3n) is 5.51. The summed E-state index contributed by atoms with van der Waals surface area (Å²) in [5.74, 6) is 0.675. The Morgan fingerprint density at radius 3 is 2.53 bits per heavy atom. The van der Waals surface area contributed by atoms with E-state index in [1.807, 2.05) is 36.1 Å². The SMILES string of the molecule is CCCCOc1cccc(C(=O)Nc2cc(Cl)ccc2N2CCN(C(=O)CCC)CC2)c1. The number of hydrogen-bond donors (Lipinski definition) is 1. The monoisotopic (exact) mass is 457 g/mol. The molecule has 32 heavy (non-hydrogen) atoms. The zero-order chi connectivity index (χ0) is 22.9. The molecule has 1 saturated heterocycles. The Kier molecular flexibility index (Phi) is 8.80. The van der Waals surface area contributed by atoms with Gasteiger partial charge in [0.1, 0.15) is 5.75 Å². The van der Waals surface area contributed by atoms with Gasteiger partial charge in [0.05, 0.1) is 18.0 Å². The van der Waals surface area contributed by atoms with Crippen LogP contribution < -0.4 is 15.0 Å². The van der Waals surface area contributed by atoms with Crippen molar-refractivity contribution in [2.75, 3.05) is 43.0 Å². The van der Waals surface area contributed by atoms with E-state index < -0.39 is 0 Å². The number of benzene rings is 2. The molecule has 6 nitrogen and oxygen atoms in total. The van der Waals surface area contributed by atoms with Crippen molar-refractivity contribution in [2.24, 2.45) is 0 Å². The number of hydrogen-bond acceptors (Lipinski definition) is 4. The van der Waals surface area contributed by atoms with Crippen LogP contribution in [0.25, 0.3) is 0 Å². The lowest BCUT2D eigenvalue weighted by Crippen LogP contribution is -2.48. The van der Waals surface area contributed by atoms with E-state index in [0.29, 0.717) is 61.2 Å². The standard InChI is InChI=1S/C25H32ClN3O3/c1-3-5-16-32-21-9-6-8-19(17-21)25(31)27-22-18-20(26)10-11-23(22)28-12-14-29(15-13-28)24(30)7-4-2/h6,8-11,17-18H,3-5,7,12-16H2,1-2H3,(H,27,31). The molecule has 0 aliphatic carbocycles. The van der Waals surface area contributed by atoms with E-state index in [0.717, 1.165) is 24.9 Å². The molecule has 0 atom stereocenters. The number of piperazine rings is 1. The van der Waals surface area contributed by atoms with Crippen LogP contribution >= 0.6 is 11.6 Å². The molecule has 0 saturated carbocycles. The van der Waals surface area contributed by atoms with E-state index in [-0.39, 0.29) is 11.8 Å². The van der Waals surface area contributed by atoms with Crippen LogP contribution in [0.2, 0.25) is 5.02 Å². The second kappa shape index (κ2) is 11.8. The molecule has 3 rings (SSSR count). The predicted molar refractivity (Wildman–Crippen MR) is 130 cm³/mol. The molecule has 0 bridgehead atoms. The number of nitrogens with one attached hydrogen (secondary N) is 1. The summed E-state index contributed by atoms with van der Waals surface area (Å²) >= 11 is 6.24. The molecule has 0 unspecified atom stereocenters. The van der Waals surface area contributed by atoms with E-state index >= 15 is 0 Å². The van der Waals surface area contributed by atoms with Crippen molar-refractivity contribution in [1.29, 1.82) is 0 Å². The van der Waals surface area contributed by atoms with Gasteiger partial charge in [-0.15, -0.1) is 0 Å². The number of unbranched alkanes of at least 4 members (excludes halogenated alkanes) is 1. The van der Waals surface area contributed by atoms with Gasteiger partial charge in [0.15, 0.2) is 0 Å². The molecular formula is C25H32ClN3O3. The van der Waals surface area contributed by atoms with Crippen molar-refractivity contribution < 1.29 is 14.3 Å². The Bertz CT molecular complexity index is 926. The zero-order valence-electron chi connectivity index (χ0n) is 18.9. The third kappa shape index (κ3) is 6.39. The minimum atomic E-state index is -0.216. The van der Waals surface area contributed by atoms with Crippen LogP contribution in [0.5, 0.6) is 5.75 Å². The molecule has 2 aromatic rings. The molecule has 2 aromatic carbocycles. The lowest BCUT2D eigenvalue weighted by Gasteiger charge is -2.37. The van der Waals surface area contributed by atoms with Gasteiger partial charge in [-0.05, 0) is 49.2 Å². The average molecular weight is 458 g/mol. The maximum atomic E-state index is 13.0. The Labute approximate surface area is 195 Å². The van der Waals surface area contributed by atoms with Gasteiger partial charge < -0.3 is 19.9 Å². The summed E-state index contributed by atoms with van der Waals surface area (Å²) in [6.45, 7) is 7.52. The predicted octanol–water partition coefficient (Wildman–Crippen LogP) is 5.22. The molecule has 1 fully saturated rings. The first-order valence-electron chi connectivity index (χ1n) is 11.4. The Morgan fingerprint density at radius 1 is 1.03 bits per heavy atom. The van der Waals surface area contributed by atoms with Gasteiger partial charge >= 0.3 is 0 Å². The number of ether oxygens (including phenoxy) is 1. The quantitative estimate of drug-likeness (QED) is 0.524. The largest absolute Gasteiger partial charge is 0.494 e. The Hall–Kier alpha value is -2.73. The van der Waals surface area contributed by atoms with E-state index in [4.69, 9.17) is 16.3 Å². The van der Waals surface area contributed by atoms with Crippen LogP contribution in [0.3, 0.4) is 0 Å². The first kappa shape index (κ1) is 23.9. The van der Waals surface area contributed by atoms with Crippen LogP contribution in [-0.4, -0.2) is 49.5 Å². The van der Waals surface area contributed by atoms with Crippen molar-refractivity contribution >= 4 is 34.8 Å². The van der Waals surface area contributed by atoms with E-state index in [1.165, 1.54) is 0 Å². The number of anilines is 2. The van der Waals surface area contributed by atoms with Crippen molar-refractivity contribution in [3.8, 4) is 5.75 Å². The molecular weight excluding hydrogens is 426 g/mol. The molecule has 1 heterocycles. The molecule has 1 aliphatic heterocycles. The number of carbonyl (C=O) groups excluding carboxylic acids is 2. The van der Waals surface area contributed by atoms with Crippen molar-refractivity contribution in [1.82, 2.24) is 4.90 Å². The smallest absolute Gasteiger partial charge is 0.255 e. The molecule has 0 radical (unpaired) electrons. The average Bonchev–Trinajstić information content (AvgIpc) is 2.80. The van der Waals surface area contributed by atoms with Gasteiger partial charge in [-0.1, -0.05) is 37.9 Å². The lowest BCUT2D eigenvalue weighted by atomic mass is 10.1. The maximum Gasteiger partial charge on any atom is 0.255 e. The number of carbonyl (C=O) groups is 2. The number of halogens is 1. The summed E-state index contributed by atoms with van der Waals surface area (Å²) in [6.07, 6.45) is 3.47. The van der Waals surface area contributed by atoms with Crippen molar-refractivity contribution in [3.05, 3.63) is 53.1 Å². The van der Waals surface area contributed by atoms with Gasteiger partial charge in [0.2, 0.25) is 5.91 Å². The Morgan fingerprint density at radius 2 is 1.81 bits per heavy atom. The van der Waals surface area contributed by atoms with Gasteiger partial charge in [-0.3, -0.25) is 9.59 Å². The summed E-state index contributed by atoms with van der Waals surface area (Å²) in [4.78, 5) is 29.3. The topological polar surface area (TPSA) is 61.9 Å². The van der Waals surface area contributed by atoms with Crippen LogP contribution in [0.1, 0.15) is 49.9 Å². The van der Waals surface area contributed by atoms with Gasteiger partial charge in [-0.2, -0.15) is 0 Å². The van der Waals surface area contributed by atoms with Crippen molar-refractivity contribution in [3.63, 3.8) is 0 Å². The summed E-state index contributed by atoms with van der Waals surface area (Å²) in [5, 5.41) is 3.57. The van der Waals surface area contributed by atoms with Crippen LogP contribution in [0.4, 0.5) is 11.4 Å². The maximum absolute atomic E-state index is 13.0. The van der Waals surface area contributed by atoms with Gasteiger partial charge in [-0.25, -0.2) is 0 Å². The first-order chi connectivity index (χ1) is 15.5. The first-order valence-corrected chi connectivity index (χ1v) is 11.8. The minimum absolute atomic E-state index is 0.206. The normalized spacial score (nSPS) is 13.7. The molecule has 172 valence electrons. The van der Waals surface area contributed by atoms with Crippen molar-refractivity contribution in [2.45, 2.75) is 39.5 Å². The van der Waals surface area contributed by atoms with Crippen LogP contribution in [0.15, 0.2) is 42.5 Å².